The van der Waals surface area contributed by atoms with E-state index in [4.69, 9.17) is 4.74 Å². The van der Waals surface area contributed by atoms with Gasteiger partial charge in [-0.2, -0.15) is 0 Å². The van der Waals surface area contributed by atoms with Crippen molar-refractivity contribution in [3.8, 4) is 5.88 Å². The Morgan fingerprint density at radius 3 is 2.90 bits per heavy atom. The molecule has 0 spiro atoms. The summed E-state index contributed by atoms with van der Waals surface area (Å²) in [6.45, 7) is 5.14. The number of rotatable bonds is 10. The van der Waals surface area contributed by atoms with Crippen molar-refractivity contribution < 1.29 is 4.74 Å². The smallest absolute Gasteiger partial charge is 0.232 e. The fourth-order valence-corrected chi connectivity index (χ4v) is 2.19. The van der Waals surface area contributed by atoms with Crippen LogP contribution in [0.25, 0.3) is 0 Å². The van der Waals surface area contributed by atoms with Crippen LogP contribution >= 0.6 is 0 Å². The van der Waals surface area contributed by atoms with Crippen LogP contribution < -0.4 is 10.1 Å². The predicted octanol–water partition coefficient (Wildman–Crippen LogP) is 3.47. The lowest BCUT2D eigenvalue weighted by molar-refractivity contribution is 0.196. The van der Waals surface area contributed by atoms with Gasteiger partial charge in [0.2, 0.25) is 5.88 Å². The van der Waals surface area contributed by atoms with Gasteiger partial charge in [-0.05, 0) is 32.6 Å². The van der Waals surface area contributed by atoms with E-state index in [1.165, 1.54) is 38.5 Å². The average molecular weight is 277 g/mol. The molecule has 0 bridgehead atoms. The molecule has 1 atom stereocenters. The SMILES string of the molecule is CCCCCCC(C)Oc1cncc(CNC2CC2)n1. The summed E-state index contributed by atoms with van der Waals surface area (Å²) in [5, 5.41) is 3.44. The fourth-order valence-electron chi connectivity index (χ4n) is 2.19. The summed E-state index contributed by atoms with van der Waals surface area (Å²) in [5.41, 5.74) is 0.965. The molecule has 2 rings (SSSR count). The van der Waals surface area contributed by atoms with Crippen molar-refractivity contribution in [1.82, 2.24) is 15.3 Å². The number of hydrogen-bond donors (Lipinski definition) is 1. The summed E-state index contributed by atoms with van der Waals surface area (Å²) in [5.74, 6) is 0.656. The molecular weight excluding hydrogens is 250 g/mol. The molecule has 1 aromatic rings. The molecule has 1 aliphatic carbocycles. The lowest BCUT2D eigenvalue weighted by atomic mass is 10.1. The van der Waals surface area contributed by atoms with E-state index in [0.717, 1.165) is 18.7 Å². The monoisotopic (exact) mass is 277 g/mol. The summed E-state index contributed by atoms with van der Waals surface area (Å²) >= 11 is 0. The summed E-state index contributed by atoms with van der Waals surface area (Å²) in [6, 6.07) is 0.693. The second kappa shape index (κ2) is 8.20. The fraction of sp³-hybridized carbons (Fsp3) is 0.750. The molecule has 1 unspecified atom stereocenters. The molecule has 1 heterocycles. The second-order valence-electron chi connectivity index (χ2n) is 5.78. The Bertz CT molecular complexity index is 393. The van der Waals surface area contributed by atoms with E-state index in [9.17, 15) is 0 Å². The van der Waals surface area contributed by atoms with Crippen molar-refractivity contribution in [3.05, 3.63) is 18.1 Å². The van der Waals surface area contributed by atoms with Gasteiger partial charge in [-0.25, -0.2) is 4.98 Å². The normalized spacial score (nSPS) is 16.1. The van der Waals surface area contributed by atoms with Gasteiger partial charge < -0.3 is 10.1 Å². The zero-order valence-electron chi connectivity index (χ0n) is 12.8. The molecule has 20 heavy (non-hydrogen) atoms. The lowest BCUT2D eigenvalue weighted by Gasteiger charge is -2.14. The molecule has 1 N–H and O–H groups in total. The highest BCUT2D eigenvalue weighted by molar-refractivity contribution is 5.09. The van der Waals surface area contributed by atoms with Gasteiger partial charge in [0, 0.05) is 18.8 Å². The van der Waals surface area contributed by atoms with E-state index >= 15 is 0 Å². The van der Waals surface area contributed by atoms with Gasteiger partial charge in [0.05, 0.1) is 18.0 Å². The van der Waals surface area contributed by atoms with Crippen molar-refractivity contribution >= 4 is 0 Å². The molecule has 1 aliphatic rings. The Morgan fingerprint density at radius 1 is 1.30 bits per heavy atom. The maximum absolute atomic E-state index is 5.86. The van der Waals surface area contributed by atoms with Crippen LogP contribution in [0.15, 0.2) is 12.4 Å². The summed E-state index contributed by atoms with van der Waals surface area (Å²) in [6.07, 6.45) is 12.5. The Labute approximate surface area is 122 Å². The van der Waals surface area contributed by atoms with Crippen LogP contribution in [0.4, 0.5) is 0 Å². The van der Waals surface area contributed by atoms with Crippen molar-refractivity contribution in [2.45, 2.75) is 77.5 Å². The molecule has 4 nitrogen and oxygen atoms in total. The zero-order valence-corrected chi connectivity index (χ0v) is 12.8. The Hall–Kier alpha value is -1.16. The largest absolute Gasteiger partial charge is 0.474 e. The standard InChI is InChI=1S/C16H27N3O/c1-3-4-5-6-7-13(2)20-16-12-17-10-15(19-16)11-18-14-8-9-14/h10,12-14,18H,3-9,11H2,1-2H3. The summed E-state index contributed by atoms with van der Waals surface area (Å²) < 4.78 is 5.86. The van der Waals surface area contributed by atoms with E-state index in [1.807, 2.05) is 6.20 Å². The third-order valence-corrected chi connectivity index (χ3v) is 3.60. The Morgan fingerprint density at radius 2 is 2.15 bits per heavy atom. The minimum absolute atomic E-state index is 0.216. The predicted molar refractivity (Wildman–Crippen MR) is 80.7 cm³/mol. The molecule has 0 radical (unpaired) electrons. The van der Waals surface area contributed by atoms with Crippen LogP contribution in [0.5, 0.6) is 5.88 Å². The first-order valence-corrected chi connectivity index (χ1v) is 7.99. The highest BCUT2D eigenvalue weighted by Crippen LogP contribution is 2.19. The van der Waals surface area contributed by atoms with Crippen molar-refractivity contribution in [2.24, 2.45) is 0 Å². The molecule has 0 saturated heterocycles. The number of aromatic nitrogens is 2. The molecule has 0 aromatic carbocycles. The van der Waals surface area contributed by atoms with Gasteiger partial charge in [0.25, 0.3) is 0 Å². The molecule has 0 amide bonds. The van der Waals surface area contributed by atoms with Crippen LogP contribution in [0.3, 0.4) is 0 Å². The van der Waals surface area contributed by atoms with Gasteiger partial charge in [0.15, 0.2) is 0 Å². The minimum atomic E-state index is 0.216. The molecule has 1 saturated carbocycles. The maximum atomic E-state index is 5.86. The third-order valence-electron chi connectivity index (χ3n) is 3.60. The molecule has 1 fully saturated rings. The van der Waals surface area contributed by atoms with Crippen LogP contribution in [-0.2, 0) is 6.54 Å². The maximum Gasteiger partial charge on any atom is 0.232 e. The first kappa shape index (κ1) is 15.2. The van der Waals surface area contributed by atoms with Gasteiger partial charge in [-0.15, -0.1) is 0 Å². The van der Waals surface area contributed by atoms with Crippen molar-refractivity contribution in [1.29, 1.82) is 0 Å². The Balaban J connectivity index is 1.71. The van der Waals surface area contributed by atoms with Crippen LogP contribution in [-0.4, -0.2) is 22.1 Å². The minimum Gasteiger partial charge on any atom is -0.474 e. The molecule has 4 heteroatoms. The van der Waals surface area contributed by atoms with E-state index in [2.05, 4.69) is 29.1 Å². The van der Waals surface area contributed by atoms with Crippen LogP contribution in [0.2, 0.25) is 0 Å². The summed E-state index contributed by atoms with van der Waals surface area (Å²) in [7, 11) is 0. The van der Waals surface area contributed by atoms with Crippen molar-refractivity contribution in [2.75, 3.05) is 0 Å². The van der Waals surface area contributed by atoms with Crippen molar-refractivity contribution in [3.63, 3.8) is 0 Å². The Kier molecular flexibility index (Phi) is 6.25. The molecule has 112 valence electrons. The number of nitrogens with zero attached hydrogens (tertiary/aromatic N) is 2. The topological polar surface area (TPSA) is 47.0 Å². The lowest BCUT2D eigenvalue weighted by Crippen LogP contribution is -2.17. The van der Waals surface area contributed by atoms with Crippen LogP contribution in [0.1, 0.15) is 64.5 Å². The van der Waals surface area contributed by atoms with Gasteiger partial charge in [0.1, 0.15) is 0 Å². The number of unbranched alkanes of at least 4 members (excludes halogenated alkanes) is 3. The quantitative estimate of drug-likeness (QED) is 0.665. The van der Waals surface area contributed by atoms with E-state index in [1.54, 1.807) is 6.20 Å². The first-order valence-electron chi connectivity index (χ1n) is 7.99. The molecule has 1 aromatic heterocycles. The second-order valence-corrected chi connectivity index (χ2v) is 5.78. The zero-order chi connectivity index (χ0) is 14.2. The van der Waals surface area contributed by atoms with E-state index < -0.39 is 0 Å². The van der Waals surface area contributed by atoms with E-state index in [0.29, 0.717) is 11.9 Å². The first-order chi connectivity index (χ1) is 9.78. The van der Waals surface area contributed by atoms with Gasteiger partial charge in [-0.3, -0.25) is 4.98 Å². The third kappa shape index (κ3) is 5.87. The van der Waals surface area contributed by atoms with Crippen LogP contribution in [0, 0.1) is 0 Å². The van der Waals surface area contributed by atoms with Gasteiger partial charge in [-0.1, -0.05) is 26.2 Å². The average Bonchev–Trinajstić information content (AvgIpc) is 3.26. The highest BCUT2D eigenvalue weighted by Gasteiger charge is 2.20. The highest BCUT2D eigenvalue weighted by atomic mass is 16.5. The number of hydrogen-bond acceptors (Lipinski definition) is 4. The van der Waals surface area contributed by atoms with Gasteiger partial charge >= 0.3 is 0 Å². The molecule has 0 aliphatic heterocycles. The molecular formula is C16H27N3O. The van der Waals surface area contributed by atoms with E-state index in [-0.39, 0.29) is 6.10 Å². The summed E-state index contributed by atoms with van der Waals surface area (Å²) in [4.78, 5) is 8.73. The number of nitrogens with one attached hydrogen (secondary N) is 1. The number of ether oxygens (including phenoxy) is 1.